The minimum Gasteiger partial charge on any atom is -0.314 e. The first kappa shape index (κ1) is 12.9. The van der Waals surface area contributed by atoms with E-state index >= 15 is 0 Å². The Morgan fingerprint density at radius 2 is 1.89 bits per heavy atom. The van der Waals surface area contributed by atoms with E-state index < -0.39 is 0 Å². The quantitative estimate of drug-likeness (QED) is 0.738. The van der Waals surface area contributed by atoms with Gasteiger partial charge in [0.25, 0.3) is 0 Å². The molecular formula is C18H25N. The van der Waals surface area contributed by atoms with Crippen molar-refractivity contribution in [3.8, 4) is 0 Å². The molecular weight excluding hydrogens is 230 g/mol. The van der Waals surface area contributed by atoms with Crippen molar-refractivity contribution >= 4 is 5.57 Å². The molecule has 0 aromatic heterocycles. The summed E-state index contributed by atoms with van der Waals surface area (Å²) in [6.45, 7) is 3.36. The van der Waals surface area contributed by atoms with E-state index in [4.69, 9.17) is 0 Å². The first-order valence-corrected chi connectivity index (χ1v) is 7.83. The van der Waals surface area contributed by atoms with Gasteiger partial charge in [0.1, 0.15) is 0 Å². The van der Waals surface area contributed by atoms with Crippen molar-refractivity contribution < 1.29 is 0 Å². The van der Waals surface area contributed by atoms with Gasteiger partial charge in [0, 0.05) is 6.04 Å². The van der Waals surface area contributed by atoms with Crippen LogP contribution in [0.3, 0.4) is 0 Å². The van der Waals surface area contributed by atoms with Crippen LogP contribution in [0.15, 0.2) is 30.3 Å². The molecule has 0 saturated heterocycles. The van der Waals surface area contributed by atoms with E-state index in [1.807, 2.05) is 0 Å². The molecule has 1 heteroatoms. The predicted octanol–water partition coefficient (Wildman–Crippen LogP) is 4.50. The zero-order chi connectivity index (χ0) is 13.1. The Morgan fingerprint density at radius 3 is 2.47 bits per heavy atom. The third kappa shape index (κ3) is 3.48. The minimum absolute atomic E-state index is 0.829. The summed E-state index contributed by atoms with van der Waals surface area (Å²) in [5, 5.41) is 3.56. The highest BCUT2D eigenvalue weighted by Crippen LogP contribution is 2.36. The Bertz CT molecular complexity index is 435. The zero-order valence-electron chi connectivity index (χ0n) is 12.0. The van der Waals surface area contributed by atoms with Gasteiger partial charge in [0.15, 0.2) is 0 Å². The van der Waals surface area contributed by atoms with Crippen molar-refractivity contribution in [3.63, 3.8) is 0 Å². The van der Waals surface area contributed by atoms with Crippen LogP contribution in [-0.4, -0.2) is 12.6 Å². The molecule has 0 atom stereocenters. The van der Waals surface area contributed by atoms with Crippen LogP contribution >= 0.6 is 0 Å². The van der Waals surface area contributed by atoms with E-state index in [0.29, 0.717) is 0 Å². The summed E-state index contributed by atoms with van der Waals surface area (Å²) in [5.41, 5.74) is 4.34. The Morgan fingerprint density at radius 1 is 1.16 bits per heavy atom. The van der Waals surface area contributed by atoms with Gasteiger partial charge in [-0.3, -0.25) is 0 Å². The Kier molecular flexibility index (Phi) is 4.03. The average Bonchev–Trinajstić information content (AvgIpc) is 3.17. The highest BCUT2D eigenvalue weighted by molar-refractivity contribution is 5.63. The van der Waals surface area contributed by atoms with Crippen LogP contribution in [0.4, 0.5) is 0 Å². The molecule has 1 nitrogen and oxygen atoms in total. The van der Waals surface area contributed by atoms with E-state index in [9.17, 15) is 0 Å². The second kappa shape index (κ2) is 5.92. The summed E-state index contributed by atoms with van der Waals surface area (Å²) < 4.78 is 0. The average molecular weight is 255 g/mol. The molecule has 0 radical (unpaired) electrons. The molecule has 1 N–H and O–H groups in total. The fourth-order valence-electron chi connectivity index (χ4n) is 2.74. The van der Waals surface area contributed by atoms with Gasteiger partial charge >= 0.3 is 0 Å². The molecule has 0 unspecified atom stereocenters. The van der Waals surface area contributed by atoms with Gasteiger partial charge in [-0.05, 0) is 68.2 Å². The number of allylic oxidation sites excluding steroid dienone is 1. The van der Waals surface area contributed by atoms with E-state index in [2.05, 4.69) is 42.6 Å². The zero-order valence-corrected chi connectivity index (χ0v) is 12.0. The standard InChI is InChI=1S/C18H25N/c1-14(4-3-13-19-18-11-12-18)15-7-9-17(10-8-15)16-5-2-6-16/h4,7-10,16,18-19H,2-3,5-6,11-13H2,1H3/b14-4-. The minimum atomic E-state index is 0.829. The maximum absolute atomic E-state index is 3.56. The maximum atomic E-state index is 3.56. The third-order valence-electron chi connectivity index (χ3n) is 4.55. The van der Waals surface area contributed by atoms with Crippen LogP contribution in [0.25, 0.3) is 5.57 Å². The first-order valence-electron chi connectivity index (χ1n) is 7.83. The summed E-state index contributed by atoms with van der Waals surface area (Å²) in [4.78, 5) is 0. The van der Waals surface area contributed by atoms with Crippen LogP contribution in [0.2, 0.25) is 0 Å². The third-order valence-corrected chi connectivity index (χ3v) is 4.55. The number of hydrogen-bond acceptors (Lipinski definition) is 1. The molecule has 2 fully saturated rings. The molecule has 2 aliphatic rings. The number of benzene rings is 1. The van der Waals surface area contributed by atoms with E-state index in [0.717, 1.165) is 24.9 Å². The van der Waals surface area contributed by atoms with Crippen LogP contribution in [-0.2, 0) is 0 Å². The number of hydrogen-bond donors (Lipinski definition) is 1. The van der Waals surface area contributed by atoms with Gasteiger partial charge in [-0.1, -0.05) is 36.8 Å². The molecule has 0 aliphatic heterocycles. The predicted molar refractivity (Wildman–Crippen MR) is 82.3 cm³/mol. The molecule has 2 aliphatic carbocycles. The van der Waals surface area contributed by atoms with E-state index in [1.165, 1.54) is 43.2 Å². The first-order chi connectivity index (χ1) is 9.33. The second-order valence-corrected chi connectivity index (χ2v) is 6.15. The van der Waals surface area contributed by atoms with E-state index in [1.54, 1.807) is 5.56 Å². The smallest absolute Gasteiger partial charge is 0.00683 e. The summed E-state index contributed by atoms with van der Waals surface area (Å²) >= 11 is 0. The van der Waals surface area contributed by atoms with Crippen molar-refractivity contribution in [2.75, 3.05) is 6.54 Å². The molecule has 19 heavy (non-hydrogen) atoms. The second-order valence-electron chi connectivity index (χ2n) is 6.15. The van der Waals surface area contributed by atoms with Crippen molar-refractivity contribution in [1.82, 2.24) is 5.32 Å². The fraction of sp³-hybridized carbons (Fsp3) is 0.556. The van der Waals surface area contributed by atoms with Gasteiger partial charge in [-0.25, -0.2) is 0 Å². The Hall–Kier alpha value is -1.08. The molecule has 1 aromatic rings. The Balaban J connectivity index is 1.52. The lowest BCUT2D eigenvalue weighted by atomic mass is 9.80. The number of rotatable bonds is 6. The van der Waals surface area contributed by atoms with Gasteiger partial charge in [-0.15, -0.1) is 0 Å². The van der Waals surface area contributed by atoms with Crippen LogP contribution < -0.4 is 5.32 Å². The molecule has 0 spiro atoms. The van der Waals surface area contributed by atoms with Crippen molar-refractivity contribution in [2.24, 2.45) is 0 Å². The molecule has 0 bridgehead atoms. The van der Waals surface area contributed by atoms with Crippen molar-refractivity contribution in [1.29, 1.82) is 0 Å². The van der Waals surface area contributed by atoms with Gasteiger partial charge in [0.05, 0.1) is 0 Å². The van der Waals surface area contributed by atoms with Gasteiger partial charge < -0.3 is 5.32 Å². The van der Waals surface area contributed by atoms with Crippen molar-refractivity contribution in [2.45, 2.75) is 57.4 Å². The lowest BCUT2D eigenvalue weighted by molar-refractivity contribution is 0.420. The summed E-state index contributed by atoms with van der Waals surface area (Å²) in [6.07, 6.45) is 10.5. The van der Waals surface area contributed by atoms with Gasteiger partial charge in [0.2, 0.25) is 0 Å². The highest BCUT2D eigenvalue weighted by Gasteiger charge is 2.19. The SMILES string of the molecule is C/C(=C/CCNC1CC1)c1ccc(C2CCC2)cc1. The van der Waals surface area contributed by atoms with Crippen molar-refractivity contribution in [3.05, 3.63) is 41.5 Å². The molecule has 1 aromatic carbocycles. The monoisotopic (exact) mass is 255 g/mol. The van der Waals surface area contributed by atoms with E-state index in [-0.39, 0.29) is 0 Å². The normalized spacial score (nSPS) is 20.4. The summed E-state index contributed by atoms with van der Waals surface area (Å²) in [6, 6.07) is 10.1. The molecule has 2 saturated carbocycles. The topological polar surface area (TPSA) is 12.0 Å². The Labute approximate surface area is 117 Å². The van der Waals surface area contributed by atoms with Crippen LogP contribution in [0.5, 0.6) is 0 Å². The lowest BCUT2D eigenvalue weighted by Crippen LogP contribution is -2.16. The summed E-state index contributed by atoms with van der Waals surface area (Å²) in [5.74, 6) is 0.848. The van der Waals surface area contributed by atoms with Crippen LogP contribution in [0, 0.1) is 0 Å². The lowest BCUT2D eigenvalue weighted by Gasteiger charge is -2.25. The summed E-state index contributed by atoms with van der Waals surface area (Å²) in [7, 11) is 0. The maximum Gasteiger partial charge on any atom is 0.00683 e. The molecule has 0 amide bonds. The fourth-order valence-corrected chi connectivity index (χ4v) is 2.74. The molecule has 102 valence electrons. The molecule has 3 rings (SSSR count). The molecule has 0 heterocycles. The number of nitrogens with one attached hydrogen (secondary N) is 1. The van der Waals surface area contributed by atoms with Gasteiger partial charge in [-0.2, -0.15) is 0 Å². The highest BCUT2D eigenvalue weighted by atomic mass is 14.9. The largest absolute Gasteiger partial charge is 0.314 e. The van der Waals surface area contributed by atoms with Crippen LogP contribution in [0.1, 0.15) is 62.5 Å².